The van der Waals surface area contributed by atoms with Crippen LogP contribution in [0.15, 0.2) is 29.2 Å². The predicted octanol–water partition coefficient (Wildman–Crippen LogP) is 1.97. The van der Waals surface area contributed by atoms with E-state index in [1.165, 1.54) is 12.1 Å². The topological polar surface area (TPSA) is 26.3 Å². The Balaban J connectivity index is 2.48. The van der Waals surface area contributed by atoms with Crippen molar-refractivity contribution in [2.45, 2.75) is 11.3 Å². The quantitative estimate of drug-likeness (QED) is 0.703. The SMILES string of the molecule is COCCCS(=O)c1ccc(F)cc1. The number of hydrogen-bond acceptors (Lipinski definition) is 2. The summed E-state index contributed by atoms with van der Waals surface area (Å²) in [5.41, 5.74) is 0. The van der Waals surface area contributed by atoms with Crippen molar-refractivity contribution >= 4 is 10.8 Å². The summed E-state index contributed by atoms with van der Waals surface area (Å²) in [5.74, 6) is 0.252. The summed E-state index contributed by atoms with van der Waals surface area (Å²) in [6.07, 6.45) is 0.750. The molecule has 1 aromatic rings. The number of rotatable bonds is 5. The molecular formula is C10H13FO2S. The van der Waals surface area contributed by atoms with Gasteiger partial charge >= 0.3 is 0 Å². The van der Waals surface area contributed by atoms with Crippen molar-refractivity contribution in [2.24, 2.45) is 0 Å². The third-order valence-electron chi connectivity index (χ3n) is 1.75. The largest absolute Gasteiger partial charge is 0.385 e. The Morgan fingerprint density at radius 2 is 2.00 bits per heavy atom. The maximum Gasteiger partial charge on any atom is 0.123 e. The fourth-order valence-corrected chi connectivity index (χ4v) is 2.09. The van der Waals surface area contributed by atoms with Gasteiger partial charge in [-0.05, 0) is 30.7 Å². The summed E-state index contributed by atoms with van der Waals surface area (Å²) in [7, 11) is 0.572. The van der Waals surface area contributed by atoms with Crippen molar-refractivity contribution in [3.8, 4) is 0 Å². The molecule has 4 heteroatoms. The highest BCUT2D eigenvalue weighted by atomic mass is 32.2. The molecule has 0 spiro atoms. The Labute approximate surface area is 85.5 Å². The molecule has 1 rings (SSSR count). The van der Waals surface area contributed by atoms with E-state index in [2.05, 4.69) is 0 Å². The summed E-state index contributed by atoms with van der Waals surface area (Å²) >= 11 is 0. The van der Waals surface area contributed by atoms with Gasteiger partial charge in [-0.25, -0.2) is 4.39 Å². The van der Waals surface area contributed by atoms with Crippen molar-refractivity contribution in [2.75, 3.05) is 19.5 Å². The second-order valence-corrected chi connectivity index (χ2v) is 4.42. The lowest BCUT2D eigenvalue weighted by molar-refractivity contribution is 0.200. The van der Waals surface area contributed by atoms with Crippen LogP contribution in [0.5, 0.6) is 0 Å². The van der Waals surface area contributed by atoms with Gasteiger partial charge in [0.2, 0.25) is 0 Å². The third kappa shape index (κ3) is 3.55. The van der Waals surface area contributed by atoms with E-state index in [0.29, 0.717) is 17.3 Å². The van der Waals surface area contributed by atoms with Crippen LogP contribution in [0.2, 0.25) is 0 Å². The molecular weight excluding hydrogens is 203 g/mol. The van der Waals surface area contributed by atoms with Crippen LogP contribution < -0.4 is 0 Å². The Bertz CT molecular complexity index is 297. The molecule has 1 unspecified atom stereocenters. The van der Waals surface area contributed by atoms with Gasteiger partial charge in [0.25, 0.3) is 0 Å². The molecule has 0 heterocycles. The van der Waals surface area contributed by atoms with E-state index in [1.807, 2.05) is 0 Å². The zero-order chi connectivity index (χ0) is 10.4. The molecule has 0 saturated carbocycles. The Hall–Kier alpha value is -0.740. The number of hydrogen-bond donors (Lipinski definition) is 0. The molecule has 1 atom stereocenters. The standard InChI is InChI=1S/C10H13FO2S/c1-13-7-2-8-14(12)10-5-3-9(11)4-6-10/h3-6H,2,7-8H2,1H3. The molecule has 0 aliphatic rings. The maximum atomic E-state index is 12.5. The fourth-order valence-electron chi connectivity index (χ4n) is 1.04. The zero-order valence-electron chi connectivity index (χ0n) is 8.03. The highest BCUT2D eigenvalue weighted by molar-refractivity contribution is 7.85. The van der Waals surface area contributed by atoms with Crippen LogP contribution in [0.1, 0.15) is 6.42 Å². The van der Waals surface area contributed by atoms with Gasteiger partial charge in [-0.3, -0.25) is 4.21 Å². The summed E-state index contributed by atoms with van der Waals surface area (Å²) in [4.78, 5) is 0.669. The van der Waals surface area contributed by atoms with Crippen LogP contribution in [0.3, 0.4) is 0 Å². The number of methoxy groups -OCH3 is 1. The van der Waals surface area contributed by atoms with Gasteiger partial charge in [-0.2, -0.15) is 0 Å². The smallest absolute Gasteiger partial charge is 0.123 e. The molecule has 2 nitrogen and oxygen atoms in total. The van der Waals surface area contributed by atoms with Crippen molar-refractivity contribution in [3.63, 3.8) is 0 Å². The maximum absolute atomic E-state index is 12.5. The minimum Gasteiger partial charge on any atom is -0.385 e. The lowest BCUT2D eigenvalue weighted by Gasteiger charge is -2.01. The summed E-state index contributed by atoms with van der Waals surface area (Å²) < 4.78 is 29.0. The van der Waals surface area contributed by atoms with Gasteiger partial charge in [-0.1, -0.05) is 0 Å². The van der Waals surface area contributed by atoms with E-state index in [9.17, 15) is 8.60 Å². The van der Waals surface area contributed by atoms with Crippen LogP contribution in [0.25, 0.3) is 0 Å². The number of benzene rings is 1. The Morgan fingerprint density at radius 3 is 2.57 bits per heavy atom. The van der Waals surface area contributed by atoms with E-state index in [4.69, 9.17) is 4.74 Å². The second kappa shape index (κ2) is 5.88. The van der Waals surface area contributed by atoms with Crippen LogP contribution in [-0.2, 0) is 15.5 Å². The molecule has 1 aromatic carbocycles. The molecule has 78 valence electrons. The Morgan fingerprint density at radius 1 is 1.36 bits per heavy atom. The average molecular weight is 216 g/mol. The summed E-state index contributed by atoms with van der Waals surface area (Å²) in [5, 5.41) is 0. The zero-order valence-corrected chi connectivity index (χ0v) is 8.85. The van der Waals surface area contributed by atoms with Crippen LogP contribution in [-0.4, -0.2) is 23.7 Å². The van der Waals surface area contributed by atoms with Crippen LogP contribution in [0.4, 0.5) is 4.39 Å². The molecule has 0 amide bonds. The van der Waals surface area contributed by atoms with Gasteiger partial charge < -0.3 is 4.74 Å². The molecule has 0 saturated heterocycles. The fraction of sp³-hybridized carbons (Fsp3) is 0.400. The van der Waals surface area contributed by atoms with Crippen LogP contribution >= 0.6 is 0 Å². The van der Waals surface area contributed by atoms with E-state index in [1.54, 1.807) is 19.2 Å². The third-order valence-corrected chi connectivity index (χ3v) is 3.21. The number of ether oxygens (including phenoxy) is 1. The monoisotopic (exact) mass is 216 g/mol. The van der Waals surface area contributed by atoms with Gasteiger partial charge in [-0.15, -0.1) is 0 Å². The highest BCUT2D eigenvalue weighted by Crippen LogP contribution is 2.08. The summed E-state index contributed by atoms with van der Waals surface area (Å²) in [6, 6.07) is 5.75. The first kappa shape index (κ1) is 11.3. The molecule has 0 aromatic heterocycles. The molecule has 0 bridgehead atoms. The first-order chi connectivity index (χ1) is 6.74. The van der Waals surface area contributed by atoms with Crippen LogP contribution in [0, 0.1) is 5.82 Å². The van der Waals surface area contributed by atoms with Gasteiger partial charge in [0.05, 0.1) is 10.8 Å². The average Bonchev–Trinajstić information content (AvgIpc) is 2.19. The van der Waals surface area contributed by atoms with Gasteiger partial charge in [0.1, 0.15) is 5.82 Å². The molecule has 0 N–H and O–H groups in total. The normalized spacial score (nSPS) is 12.7. The highest BCUT2D eigenvalue weighted by Gasteiger charge is 2.02. The first-order valence-corrected chi connectivity index (χ1v) is 5.69. The Kier molecular flexibility index (Phi) is 4.76. The second-order valence-electron chi connectivity index (χ2n) is 2.85. The van der Waals surface area contributed by atoms with Gasteiger partial charge in [0.15, 0.2) is 0 Å². The van der Waals surface area contributed by atoms with Gasteiger partial charge in [0, 0.05) is 24.4 Å². The van der Waals surface area contributed by atoms with E-state index in [-0.39, 0.29) is 5.82 Å². The first-order valence-electron chi connectivity index (χ1n) is 4.37. The van der Waals surface area contributed by atoms with E-state index in [0.717, 1.165) is 6.42 Å². The minimum atomic E-state index is -1.04. The molecule has 14 heavy (non-hydrogen) atoms. The molecule has 0 radical (unpaired) electrons. The molecule has 0 aliphatic carbocycles. The molecule has 0 fully saturated rings. The lowest BCUT2D eigenvalue weighted by atomic mass is 10.4. The van der Waals surface area contributed by atoms with E-state index >= 15 is 0 Å². The number of halogens is 1. The molecule has 0 aliphatic heterocycles. The summed E-state index contributed by atoms with van der Waals surface area (Å²) in [6.45, 7) is 0.604. The predicted molar refractivity (Wildman–Crippen MR) is 54.2 cm³/mol. The van der Waals surface area contributed by atoms with Crippen molar-refractivity contribution < 1.29 is 13.3 Å². The van der Waals surface area contributed by atoms with E-state index < -0.39 is 10.8 Å². The lowest BCUT2D eigenvalue weighted by Crippen LogP contribution is -2.01. The van der Waals surface area contributed by atoms with Crippen molar-refractivity contribution in [3.05, 3.63) is 30.1 Å². The van der Waals surface area contributed by atoms with Crippen molar-refractivity contribution in [1.29, 1.82) is 0 Å². The minimum absolute atomic E-state index is 0.303. The van der Waals surface area contributed by atoms with Crippen molar-refractivity contribution in [1.82, 2.24) is 0 Å².